The summed E-state index contributed by atoms with van der Waals surface area (Å²) in [6.45, 7) is 64.4. The summed E-state index contributed by atoms with van der Waals surface area (Å²) in [6.07, 6.45) is 2.23. The van der Waals surface area contributed by atoms with Crippen LogP contribution in [-0.2, 0) is 0 Å². The van der Waals surface area contributed by atoms with Crippen molar-refractivity contribution in [3.05, 3.63) is 95.7 Å². The van der Waals surface area contributed by atoms with Crippen molar-refractivity contribution in [1.82, 2.24) is 0 Å². The van der Waals surface area contributed by atoms with Crippen molar-refractivity contribution in [2.75, 3.05) is 0 Å². The lowest BCUT2D eigenvalue weighted by Gasteiger charge is -2.27. The van der Waals surface area contributed by atoms with E-state index in [0.29, 0.717) is 71.0 Å². The first-order valence-corrected chi connectivity index (χ1v) is 18.4. The molecule has 0 amide bonds. The molecule has 0 saturated heterocycles. The normalized spacial score (nSPS) is 24.5. The highest BCUT2D eigenvalue weighted by Gasteiger charge is 2.44. The van der Waals surface area contributed by atoms with Gasteiger partial charge in [0.25, 0.3) is 0 Å². The van der Waals surface area contributed by atoms with E-state index in [9.17, 15) is 0 Å². The molecule has 3 unspecified atom stereocenters. The smallest absolute Gasteiger partial charge is 0.0106 e. The Bertz CT molecular complexity index is 1160. The zero-order valence-corrected chi connectivity index (χ0v) is 33.7. The predicted molar refractivity (Wildman–Crippen MR) is 211 cm³/mol. The molecule has 0 heterocycles. The topological polar surface area (TPSA) is 0 Å². The second kappa shape index (κ2) is 16.3. The molecule has 0 spiro atoms. The largest absolute Gasteiger partial charge is 0.0989 e. The first-order valence-electron chi connectivity index (χ1n) is 18.4. The van der Waals surface area contributed by atoms with Gasteiger partial charge >= 0.3 is 0 Å². The quantitative estimate of drug-likeness (QED) is 0.246. The van der Waals surface area contributed by atoms with Crippen LogP contribution >= 0.6 is 0 Å². The summed E-state index contributed by atoms with van der Waals surface area (Å²) in [5.41, 5.74) is 12.5. The molecule has 3 rings (SSSR count). The summed E-state index contributed by atoms with van der Waals surface area (Å²) in [7, 11) is 0. The molecule has 260 valence electrons. The van der Waals surface area contributed by atoms with Crippen LogP contribution in [0.15, 0.2) is 95.7 Å². The Morgan fingerprint density at radius 2 is 0.783 bits per heavy atom. The van der Waals surface area contributed by atoms with E-state index >= 15 is 0 Å². The molecule has 0 nitrogen and oxygen atoms in total. The predicted octanol–water partition coefficient (Wildman–Crippen LogP) is 14.3. The molecular formula is C46H76. The summed E-state index contributed by atoms with van der Waals surface area (Å²) in [5, 5.41) is 0. The molecule has 0 aromatic carbocycles. The van der Waals surface area contributed by atoms with Crippen LogP contribution in [0.2, 0.25) is 0 Å². The zero-order valence-electron chi connectivity index (χ0n) is 33.7. The number of rotatable bonds is 7. The second-order valence-electron chi connectivity index (χ2n) is 17.9. The van der Waals surface area contributed by atoms with E-state index in [-0.39, 0.29) is 5.41 Å². The highest BCUT2D eigenvalue weighted by atomic mass is 14.5. The van der Waals surface area contributed by atoms with Gasteiger partial charge in [0.2, 0.25) is 0 Å². The minimum absolute atomic E-state index is 0.198. The fourth-order valence-electron chi connectivity index (χ4n) is 9.00. The Labute approximate surface area is 289 Å². The van der Waals surface area contributed by atoms with Crippen molar-refractivity contribution < 1.29 is 0 Å². The minimum atomic E-state index is 0.198. The molecule has 0 aromatic rings. The summed E-state index contributed by atoms with van der Waals surface area (Å²) < 4.78 is 0. The first-order chi connectivity index (χ1) is 20.8. The number of hydrogen-bond donors (Lipinski definition) is 0. The summed E-state index contributed by atoms with van der Waals surface area (Å²) >= 11 is 0. The van der Waals surface area contributed by atoms with E-state index in [1.165, 1.54) is 50.2 Å². The molecule has 0 radical (unpaired) electrons. The lowest BCUT2D eigenvalue weighted by molar-refractivity contribution is 0.296. The number of hydrogen-bond acceptors (Lipinski definition) is 0. The lowest BCUT2D eigenvalue weighted by atomic mass is 9.77. The van der Waals surface area contributed by atoms with Gasteiger partial charge in [0.05, 0.1) is 0 Å². The molecule has 3 aliphatic rings. The standard InChI is InChI=1S/C16H28.C16H26.C14H22/c2*1-9(2)14-12(7)15(10(3)4)16(11(5)6)13(14)8;1-9(2)13-10(3)8-12(11(13)4)14(5,6)7/h9-11,14-16H,7-8H2,1-6H3;9-11,14H,7-8H2,1-6H3;8-9,13H,3-4H2,1-2,5-7H3. The maximum absolute atomic E-state index is 4.38. The molecule has 1 fully saturated rings. The molecule has 0 aliphatic heterocycles. The van der Waals surface area contributed by atoms with Crippen molar-refractivity contribution in [2.24, 2.45) is 76.4 Å². The van der Waals surface area contributed by atoms with Gasteiger partial charge in [0.1, 0.15) is 0 Å². The van der Waals surface area contributed by atoms with Crippen LogP contribution in [0.4, 0.5) is 0 Å². The van der Waals surface area contributed by atoms with Crippen LogP contribution in [-0.4, -0.2) is 0 Å². The zero-order chi connectivity index (χ0) is 36.3. The van der Waals surface area contributed by atoms with E-state index in [0.717, 1.165) is 0 Å². The van der Waals surface area contributed by atoms with Gasteiger partial charge in [-0.05, 0) is 97.7 Å². The van der Waals surface area contributed by atoms with Crippen molar-refractivity contribution in [3.63, 3.8) is 0 Å². The van der Waals surface area contributed by atoms with E-state index in [1.54, 1.807) is 0 Å². The summed E-state index contributed by atoms with van der Waals surface area (Å²) in [5.74, 6) is 7.08. The molecule has 46 heavy (non-hydrogen) atoms. The Hall–Kier alpha value is -2.08. The molecule has 0 aromatic heterocycles. The highest BCUT2D eigenvalue weighted by Crippen LogP contribution is 2.53. The van der Waals surface area contributed by atoms with Gasteiger partial charge in [-0.1, -0.05) is 174 Å². The maximum atomic E-state index is 4.38. The Balaban J connectivity index is 0.000000346. The van der Waals surface area contributed by atoms with E-state index < -0.39 is 0 Å². The molecule has 1 saturated carbocycles. The minimum Gasteiger partial charge on any atom is -0.0989 e. The molecule has 3 atom stereocenters. The second-order valence-corrected chi connectivity index (χ2v) is 17.9. The summed E-state index contributed by atoms with van der Waals surface area (Å²) in [6, 6.07) is 0. The lowest BCUT2D eigenvalue weighted by Crippen LogP contribution is -2.20. The molecule has 3 aliphatic carbocycles. The molecule has 0 N–H and O–H groups in total. The van der Waals surface area contributed by atoms with Crippen LogP contribution in [0.5, 0.6) is 0 Å². The Morgan fingerprint density at radius 3 is 0.978 bits per heavy atom. The number of allylic oxidation sites excluding steroid dienone is 10. The van der Waals surface area contributed by atoms with Crippen molar-refractivity contribution >= 4 is 0 Å². The molecular weight excluding hydrogens is 553 g/mol. The van der Waals surface area contributed by atoms with Gasteiger partial charge in [-0.15, -0.1) is 0 Å². The monoisotopic (exact) mass is 629 g/mol. The van der Waals surface area contributed by atoms with Crippen molar-refractivity contribution in [2.45, 2.75) is 118 Å². The van der Waals surface area contributed by atoms with Crippen molar-refractivity contribution in [1.29, 1.82) is 0 Å². The van der Waals surface area contributed by atoms with E-state index in [1.807, 2.05) is 0 Å². The third kappa shape index (κ3) is 9.08. The van der Waals surface area contributed by atoms with Crippen molar-refractivity contribution in [3.8, 4) is 0 Å². The fraction of sp³-hybridized carbons (Fsp3) is 0.652. The average Bonchev–Trinajstić information content (AvgIpc) is 3.44. The SMILES string of the molecule is C=C1C(C(C)C)=C(C(C)C)C(=C)C1C(C)C.C=C1C(C(C)C)C(=C)C(C(C)C)C1C(C)C.C=C1C=C(C(C)(C)C)C(=C)C1C(C)C. The van der Waals surface area contributed by atoms with Gasteiger partial charge < -0.3 is 0 Å². The molecule has 0 bridgehead atoms. The van der Waals surface area contributed by atoms with Crippen LogP contribution in [0.25, 0.3) is 0 Å². The maximum Gasteiger partial charge on any atom is 0.0106 e. The van der Waals surface area contributed by atoms with E-state index in [4.69, 9.17) is 0 Å². The Morgan fingerprint density at radius 1 is 0.457 bits per heavy atom. The van der Waals surface area contributed by atoms with Crippen LogP contribution in [0.1, 0.15) is 118 Å². The van der Waals surface area contributed by atoms with Crippen LogP contribution in [0, 0.1) is 76.4 Å². The fourth-order valence-corrected chi connectivity index (χ4v) is 9.00. The highest BCUT2D eigenvalue weighted by molar-refractivity contribution is 5.57. The Kier molecular flexibility index (Phi) is 14.9. The van der Waals surface area contributed by atoms with Crippen LogP contribution in [0.3, 0.4) is 0 Å². The third-order valence-corrected chi connectivity index (χ3v) is 10.6. The van der Waals surface area contributed by atoms with Gasteiger partial charge in [-0.3, -0.25) is 0 Å². The van der Waals surface area contributed by atoms with Gasteiger partial charge in [-0.2, -0.15) is 0 Å². The summed E-state index contributed by atoms with van der Waals surface area (Å²) in [4.78, 5) is 0. The van der Waals surface area contributed by atoms with Gasteiger partial charge in [0, 0.05) is 17.8 Å². The molecule has 0 heteroatoms. The van der Waals surface area contributed by atoms with Crippen LogP contribution < -0.4 is 0 Å². The van der Waals surface area contributed by atoms with Gasteiger partial charge in [0.15, 0.2) is 0 Å². The third-order valence-electron chi connectivity index (χ3n) is 10.6. The van der Waals surface area contributed by atoms with E-state index in [2.05, 4.69) is 163 Å². The van der Waals surface area contributed by atoms with Gasteiger partial charge in [-0.25, -0.2) is 0 Å². The first kappa shape index (κ1) is 41.9. The average molecular weight is 629 g/mol.